The molecule has 0 heterocycles. The van der Waals surface area contributed by atoms with E-state index in [4.69, 9.17) is 5.73 Å². The van der Waals surface area contributed by atoms with Crippen LogP contribution in [0.25, 0.3) is 0 Å². The van der Waals surface area contributed by atoms with Gasteiger partial charge in [0, 0.05) is 6.04 Å². The van der Waals surface area contributed by atoms with Gasteiger partial charge in [-0.25, -0.2) is 0 Å². The highest BCUT2D eigenvalue weighted by Gasteiger charge is 2.13. The summed E-state index contributed by atoms with van der Waals surface area (Å²) in [6.07, 6.45) is 11.5. The Bertz CT molecular complexity index is 179. The minimum Gasteiger partial charge on any atom is -0.325 e. The van der Waals surface area contributed by atoms with Crippen molar-refractivity contribution in [1.29, 1.82) is 0 Å². The van der Waals surface area contributed by atoms with Crippen molar-refractivity contribution in [3.05, 3.63) is 24.3 Å². The number of rotatable bonds is 2. The average Bonchev–Trinajstić information content (AvgIpc) is 2.03. The monoisotopic (exact) mass is 165 g/mol. The lowest BCUT2D eigenvalue weighted by atomic mass is 9.85. The van der Waals surface area contributed by atoms with Crippen LogP contribution >= 0.6 is 0 Å². The Morgan fingerprint density at radius 3 is 2.92 bits per heavy atom. The lowest BCUT2D eigenvalue weighted by molar-refractivity contribution is 0.458. The average molecular weight is 165 g/mol. The van der Waals surface area contributed by atoms with Crippen molar-refractivity contribution in [2.75, 3.05) is 0 Å². The third-order valence-electron chi connectivity index (χ3n) is 2.44. The molecule has 2 unspecified atom stereocenters. The maximum Gasteiger partial charge on any atom is 0.0194 e. The van der Waals surface area contributed by atoms with Crippen LogP contribution in [0.3, 0.4) is 0 Å². The fourth-order valence-electron chi connectivity index (χ4n) is 1.59. The van der Waals surface area contributed by atoms with Crippen LogP contribution in [0.2, 0.25) is 0 Å². The van der Waals surface area contributed by atoms with E-state index in [0.29, 0.717) is 11.8 Å². The minimum absolute atomic E-state index is 0.197. The number of hydrogen-bond acceptors (Lipinski definition) is 1. The highest BCUT2D eigenvalue weighted by molar-refractivity contribution is 5.04. The van der Waals surface area contributed by atoms with Crippen LogP contribution in [0.15, 0.2) is 24.3 Å². The van der Waals surface area contributed by atoms with Gasteiger partial charge in [-0.15, -0.1) is 0 Å². The van der Waals surface area contributed by atoms with Crippen LogP contribution in [0, 0.1) is 11.8 Å². The Hall–Kier alpha value is -0.560. The fourth-order valence-corrected chi connectivity index (χ4v) is 1.59. The van der Waals surface area contributed by atoms with Gasteiger partial charge in [0.1, 0.15) is 0 Å². The summed E-state index contributed by atoms with van der Waals surface area (Å²) < 4.78 is 0. The van der Waals surface area contributed by atoms with Crippen molar-refractivity contribution in [2.45, 2.75) is 32.7 Å². The van der Waals surface area contributed by atoms with Crippen molar-refractivity contribution in [1.82, 2.24) is 0 Å². The molecule has 2 N–H and O–H groups in total. The molecule has 0 aromatic heterocycles. The molecule has 0 aromatic rings. The first-order valence-electron chi connectivity index (χ1n) is 4.80. The molecule has 0 spiro atoms. The molecule has 1 aliphatic rings. The maximum atomic E-state index is 5.65. The van der Waals surface area contributed by atoms with E-state index in [2.05, 4.69) is 31.2 Å². The summed E-state index contributed by atoms with van der Waals surface area (Å²) in [5, 5.41) is 0. The minimum atomic E-state index is 0.197. The van der Waals surface area contributed by atoms with E-state index >= 15 is 0 Å². The van der Waals surface area contributed by atoms with E-state index in [1.165, 1.54) is 12.8 Å². The maximum absolute atomic E-state index is 5.65. The van der Waals surface area contributed by atoms with E-state index in [0.717, 1.165) is 0 Å². The first-order chi connectivity index (χ1) is 5.70. The fraction of sp³-hybridized carbons (Fsp3) is 0.636. The van der Waals surface area contributed by atoms with Crippen LogP contribution in [-0.2, 0) is 0 Å². The second kappa shape index (κ2) is 4.46. The van der Waals surface area contributed by atoms with E-state index in [1.807, 2.05) is 6.92 Å². The van der Waals surface area contributed by atoms with Gasteiger partial charge < -0.3 is 5.73 Å². The molecule has 0 aliphatic heterocycles. The summed E-state index contributed by atoms with van der Waals surface area (Å²) in [4.78, 5) is 0. The lowest BCUT2D eigenvalue weighted by Gasteiger charge is -2.21. The summed E-state index contributed by atoms with van der Waals surface area (Å²) >= 11 is 0. The molecule has 0 fully saturated rings. The van der Waals surface area contributed by atoms with E-state index in [1.54, 1.807) is 0 Å². The molecule has 1 nitrogen and oxygen atoms in total. The quantitative estimate of drug-likeness (QED) is 0.625. The first kappa shape index (κ1) is 9.53. The number of nitrogens with two attached hydrogens (primary N) is 1. The van der Waals surface area contributed by atoms with E-state index in [9.17, 15) is 0 Å². The smallest absolute Gasteiger partial charge is 0.0194 e. The van der Waals surface area contributed by atoms with Gasteiger partial charge in [0.25, 0.3) is 0 Å². The molecule has 0 bridgehead atoms. The van der Waals surface area contributed by atoms with E-state index < -0.39 is 0 Å². The molecule has 0 saturated heterocycles. The third kappa shape index (κ3) is 2.82. The van der Waals surface area contributed by atoms with Gasteiger partial charge in [-0.1, -0.05) is 31.2 Å². The Balaban J connectivity index is 2.46. The molecule has 0 aromatic carbocycles. The van der Waals surface area contributed by atoms with Crippen molar-refractivity contribution < 1.29 is 0 Å². The summed E-state index contributed by atoms with van der Waals surface area (Å²) in [6.45, 7) is 4.28. The molecule has 68 valence electrons. The first-order valence-corrected chi connectivity index (χ1v) is 4.80. The second-order valence-corrected chi connectivity index (χ2v) is 3.77. The number of allylic oxidation sites excluding steroid dienone is 3. The van der Waals surface area contributed by atoms with Crippen LogP contribution in [0.5, 0.6) is 0 Å². The van der Waals surface area contributed by atoms with Crippen molar-refractivity contribution in [2.24, 2.45) is 17.6 Å². The zero-order valence-electron chi connectivity index (χ0n) is 8.03. The Morgan fingerprint density at radius 2 is 2.33 bits per heavy atom. The van der Waals surface area contributed by atoms with Crippen LogP contribution in [-0.4, -0.2) is 6.04 Å². The van der Waals surface area contributed by atoms with Crippen molar-refractivity contribution >= 4 is 0 Å². The van der Waals surface area contributed by atoms with Gasteiger partial charge in [-0.05, 0) is 31.6 Å². The Morgan fingerprint density at radius 1 is 1.58 bits per heavy atom. The van der Waals surface area contributed by atoms with Gasteiger partial charge >= 0.3 is 0 Å². The molecule has 12 heavy (non-hydrogen) atoms. The molecular formula is C11H19N. The Labute approximate surface area is 75.3 Å². The number of hydrogen-bond donors (Lipinski definition) is 1. The molecule has 0 saturated carbocycles. The SMILES string of the molecule is CC(N)/C=C\C1CCC=C[C@H]1C. The van der Waals surface area contributed by atoms with Gasteiger partial charge in [-0.3, -0.25) is 0 Å². The van der Waals surface area contributed by atoms with Crippen LogP contribution < -0.4 is 5.73 Å². The highest BCUT2D eigenvalue weighted by atomic mass is 14.6. The van der Waals surface area contributed by atoms with Gasteiger partial charge in [0.05, 0.1) is 0 Å². The molecule has 1 heteroatoms. The molecule has 0 amide bonds. The normalized spacial score (nSPS) is 32.6. The second-order valence-electron chi connectivity index (χ2n) is 3.77. The highest BCUT2D eigenvalue weighted by Crippen LogP contribution is 2.25. The van der Waals surface area contributed by atoms with Crippen molar-refractivity contribution in [3.63, 3.8) is 0 Å². The van der Waals surface area contributed by atoms with E-state index in [-0.39, 0.29) is 6.04 Å². The molecule has 1 rings (SSSR count). The largest absolute Gasteiger partial charge is 0.325 e. The summed E-state index contributed by atoms with van der Waals surface area (Å²) in [7, 11) is 0. The van der Waals surface area contributed by atoms with Gasteiger partial charge in [0.2, 0.25) is 0 Å². The molecule has 0 radical (unpaired) electrons. The molecule has 1 aliphatic carbocycles. The zero-order chi connectivity index (χ0) is 8.97. The van der Waals surface area contributed by atoms with Crippen LogP contribution in [0.1, 0.15) is 26.7 Å². The lowest BCUT2D eigenvalue weighted by Crippen LogP contribution is -2.14. The van der Waals surface area contributed by atoms with Crippen LogP contribution in [0.4, 0.5) is 0 Å². The molecule has 3 atom stereocenters. The molecular weight excluding hydrogens is 146 g/mol. The topological polar surface area (TPSA) is 26.0 Å². The standard InChI is InChI=1S/C11H19N/c1-9-5-3-4-6-11(9)8-7-10(2)12/h3,5,7-11H,4,6,12H2,1-2H3/b8-7-/t9-,10?,11?/m1/s1. The zero-order valence-corrected chi connectivity index (χ0v) is 8.03. The summed E-state index contributed by atoms with van der Waals surface area (Å²) in [6, 6.07) is 0.197. The van der Waals surface area contributed by atoms with Gasteiger partial charge in [0.15, 0.2) is 0 Å². The third-order valence-corrected chi connectivity index (χ3v) is 2.44. The predicted octanol–water partition coefficient (Wildman–Crippen LogP) is 2.49. The summed E-state index contributed by atoms with van der Waals surface area (Å²) in [5.41, 5.74) is 5.65. The van der Waals surface area contributed by atoms with Gasteiger partial charge in [-0.2, -0.15) is 0 Å². The summed E-state index contributed by atoms with van der Waals surface area (Å²) in [5.74, 6) is 1.40. The Kier molecular flexibility index (Phi) is 3.54. The van der Waals surface area contributed by atoms with Crippen molar-refractivity contribution in [3.8, 4) is 0 Å². The predicted molar refractivity (Wildman–Crippen MR) is 53.8 cm³/mol.